The first-order valence-corrected chi connectivity index (χ1v) is 7.80. The number of nitrogens with zero attached hydrogens (tertiary/aromatic N) is 2. The number of methoxy groups -OCH3 is 1. The molecule has 0 amide bonds. The van der Waals surface area contributed by atoms with Crippen LogP contribution in [0.5, 0.6) is 5.75 Å². The number of anilines is 2. The van der Waals surface area contributed by atoms with Crippen molar-refractivity contribution < 1.29 is 4.74 Å². The molecular formula is C18H14N4O2S. The molecule has 3 rings (SSSR count). The van der Waals surface area contributed by atoms with Crippen LogP contribution in [0.25, 0.3) is 11.3 Å². The summed E-state index contributed by atoms with van der Waals surface area (Å²) in [6.45, 7) is 0. The van der Waals surface area contributed by atoms with Crippen LogP contribution in [0, 0.1) is 11.3 Å². The van der Waals surface area contributed by atoms with E-state index in [4.69, 9.17) is 4.74 Å². The first-order valence-electron chi connectivity index (χ1n) is 7.35. The number of nitriles is 1. The standard InChI is InChI=1S/C18H14N4O2S/c1-24-13-6-2-11(3-7-13)16-15(10-19)17(23)22-18(21-16)20-12-4-8-14(25)9-5-12/h2-9,25H,1H3,(H2,20,21,22,23). The summed E-state index contributed by atoms with van der Waals surface area (Å²) in [5, 5.41) is 12.3. The van der Waals surface area contributed by atoms with Crippen LogP contribution >= 0.6 is 12.6 Å². The van der Waals surface area contributed by atoms with Crippen molar-refractivity contribution in [2.24, 2.45) is 0 Å². The molecule has 1 heterocycles. The van der Waals surface area contributed by atoms with Gasteiger partial charge in [0, 0.05) is 16.1 Å². The molecule has 0 spiro atoms. The molecule has 0 radical (unpaired) electrons. The van der Waals surface area contributed by atoms with E-state index >= 15 is 0 Å². The van der Waals surface area contributed by atoms with Gasteiger partial charge in [-0.25, -0.2) is 4.98 Å². The number of aromatic amines is 1. The molecule has 0 saturated heterocycles. The lowest BCUT2D eigenvalue weighted by Gasteiger charge is -2.09. The van der Waals surface area contributed by atoms with Gasteiger partial charge in [-0.15, -0.1) is 12.6 Å². The van der Waals surface area contributed by atoms with Gasteiger partial charge in [0.1, 0.15) is 17.4 Å². The number of ether oxygens (including phenoxy) is 1. The summed E-state index contributed by atoms with van der Waals surface area (Å²) in [6.07, 6.45) is 0. The third kappa shape index (κ3) is 3.65. The van der Waals surface area contributed by atoms with Gasteiger partial charge in [-0.2, -0.15) is 5.26 Å². The summed E-state index contributed by atoms with van der Waals surface area (Å²) < 4.78 is 5.13. The number of aromatic nitrogens is 2. The summed E-state index contributed by atoms with van der Waals surface area (Å²) in [7, 11) is 1.57. The van der Waals surface area contributed by atoms with Gasteiger partial charge in [0.15, 0.2) is 0 Å². The smallest absolute Gasteiger partial charge is 0.270 e. The van der Waals surface area contributed by atoms with Gasteiger partial charge in [-0.3, -0.25) is 9.78 Å². The van der Waals surface area contributed by atoms with E-state index < -0.39 is 5.56 Å². The van der Waals surface area contributed by atoms with Crippen molar-refractivity contribution in [1.29, 1.82) is 5.26 Å². The first kappa shape index (κ1) is 16.6. The molecule has 2 N–H and O–H groups in total. The molecule has 0 fully saturated rings. The van der Waals surface area contributed by atoms with Crippen molar-refractivity contribution in [2.75, 3.05) is 12.4 Å². The molecule has 1 aromatic heterocycles. The Morgan fingerprint density at radius 1 is 1.16 bits per heavy atom. The zero-order valence-corrected chi connectivity index (χ0v) is 14.2. The fourth-order valence-electron chi connectivity index (χ4n) is 2.28. The lowest BCUT2D eigenvalue weighted by molar-refractivity contribution is 0.415. The lowest BCUT2D eigenvalue weighted by atomic mass is 10.1. The number of hydrogen-bond acceptors (Lipinski definition) is 6. The van der Waals surface area contributed by atoms with E-state index in [1.165, 1.54) is 0 Å². The largest absolute Gasteiger partial charge is 0.497 e. The minimum Gasteiger partial charge on any atom is -0.497 e. The van der Waals surface area contributed by atoms with Crippen molar-refractivity contribution in [3.05, 3.63) is 64.4 Å². The number of H-pyrrole nitrogens is 1. The van der Waals surface area contributed by atoms with Gasteiger partial charge in [0.05, 0.1) is 12.8 Å². The van der Waals surface area contributed by atoms with Crippen molar-refractivity contribution in [1.82, 2.24) is 9.97 Å². The SMILES string of the molecule is COc1ccc(-c2nc(Nc3ccc(S)cc3)[nH]c(=O)c2C#N)cc1. The summed E-state index contributed by atoms with van der Waals surface area (Å²) >= 11 is 4.23. The number of benzene rings is 2. The van der Waals surface area contributed by atoms with Gasteiger partial charge >= 0.3 is 0 Å². The number of nitrogens with one attached hydrogen (secondary N) is 2. The molecule has 7 heteroatoms. The maximum atomic E-state index is 12.2. The van der Waals surface area contributed by atoms with E-state index in [0.29, 0.717) is 17.0 Å². The fourth-order valence-corrected chi connectivity index (χ4v) is 2.42. The molecule has 0 bridgehead atoms. The molecule has 0 aliphatic carbocycles. The minimum atomic E-state index is -0.503. The monoisotopic (exact) mass is 350 g/mol. The molecule has 3 aromatic rings. The maximum absolute atomic E-state index is 12.2. The summed E-state index contributed by atoms with van der Waals surface area (Å²) in [6, 6.07) is 16.2. The predicted molar refractivity (Wildman–Crippen MR) is 98.5 cm³/mol. The summed E-state index contributed by atoms with van der Waals surface area (Å²) in [5.74, 6) is 0.930. The highest BCUT2D eigenvalue weighted by Gasteiger charge is 2.13. The molecule has 25 heavy (non-hydrogen) atoms. The van der Waals surface area contributed by atoms with Crippen molar-refractivity contribution >= 4 is 24.3 Å². The van der Waals surface area contributed by atoms with Crippen LogP contribution in [0.3, 0.4) is 0 Å². The van der Waals surface area contributed by atoms with Gasteiger partial charge in [0.25, 0.3) is 5.56 Å². The molecule has 0 atom stereocenters. The molecule has 0 saturated carbocycles. The quantitative estimate of drug-likeness (QED) is 0.628. The zero-order chi connectivity index (χ0) is 17.8. The number of rotatable bonds is 4. The van der Waals surface area contributed by atoms with E-state index in [2.05, 4.69) is 27.9 Å². The van der Waals surface area contributed by atoms with E-state index in [1.807, 2.05) is 30.3 Å². The topological polar surface area (TPSA) is 90.8 Å². The minimum absolute atomic E-state index is 0.0403. The second-order valence-electron chi connectivity index (χ2n) is 5.15. The Bertz CT molecular complexity index is 990. The zero-order valence-electron chi connectivity index (χ0n) is 13.3. The van der Waals surface area contributed by atoms with E-state index in [-0.39, 0.29) is 11.5 Å². The maximum Gasteiger partial charge on any atom is 0.270 e. The highest BCUT2D eigenvalue weighted by molar-refractivity contribution is 7.80. The van der Waals surface area contributed by atoms with E-state index in [0.717, 1.165) is 10.6 Å². The third-order valence-electron chi connectivity index (χ3n) is 3.52. The Labute approximate surface area is 149 Å². The van der Waals surface area contributed by atoms with Gasteiger partial charge in [-0.05, 0) is 48.5 Å². The highest BCUT2D eigenvalue weighted by atomic mass is 32.1. The van der Waals surface area contributed by atoms with Crippen molar-refractivity contribution in [2.45, 2.75) is 4.90 Å². The Balaban J connectivity index is 2.04. The Morgan fingerprint density at radius 2 is 1.84 bits per heavy atom. The predicted octanol–water partition coefficient (Wildman–Crippen LogP) is 3.35. The lowest BCUT2D eigenvalue weighted by Crippen LogP contribution is -2.16. The van der Waals surface area contributed by atoms with Gasteiger partial charge in [0.2, 0.25) is 5.95 Å². The van der Waals surface area contributed by atoms with Crippen LogP contribution in [0.1, 0.15) is 5.56 Å². The Morgan fingerprint density at radius 3 is 2.44 bits per heavy atom. The van der Waals surface area contributed by atoms with Crippen LogP contribution in [0.15, 0.2) is 58.2 Å². The van der Waals surface area contributed by atoms with Crippen molar-refractivity contribution in [3.63, 3.8) is 0 Å². The van der Waals surface area contributed by atoms with Crippen LogP contribution in [-0.4, -0.2) is 17.1 Å². The van der Waals surface area contributed by atoms with Crippen molar-refractivity contribution in [3.8, 4) is 23.1 Å². The Hall–Kier alpha value is -3.24. The van der Waals surface area contributed by atoms with Gasteiger partial charge < -0.3 is 10.1 Å². The fraction of sp³-hybridized carbons (Fsp3) is 0.0556. The van der Waals surface area contributed by atoms with E-state index in [1.54, 1.807) is 31.4 Å². The van der Waals surface area contributed by atoms with Crippen LogP contribution < -0.4 is 15.6 Å². The number of thiol groups is 1. The molecule has 2 aromatic carbocycles. The average Bonchev–Trinajstić information content (AvgIpc) is 2.63. The molecule has 0 aliphatic rings. The van der Waals surface area contributed by atoms with Crippen LogP contribution in [-0.2, 0) is 0 Å². The van der Waals surface area contributed by atoms with Crippen LogP contribution in [0.4, 0.5) is 11.6 Å². The average molecular weight is 350 g/mol. The first-order chi connectivity index (χ1) is 12.1. The normalized spacial score (nSPS) is 10.1. The summed E-state index contributed by atoms with van der Waals surface area (Å²) in [4.78, 5) is 20.0. The molecule has 124 valence electrons. The third-order valence-corrected chi connectivity index (χ3v) is 3.82. The van der Waals surface area contributed by atoms with E-state index in [9.17, 15) is 10.1 Å². The second-order valence-corrected chi connectivity index (χ2v) is 5.67. The molecular weight excluding hydrogens is 336 g/mol. The molecule has 0 unspecified atom stereocenters. The van der Waals surface area contributed by atoms with Gasteiger partial charge in [-0.1, -0.05) is 0 Å². The van der Waals surface area contributed by atoms with Crippen LogP contribution in [0.2, 0.25) is 0 Å². The molecule has 0 aliphatic heterocycles. The second kappa shape index (κ2) is 7.11. The highest BCUT2D eigenvalue weighted by Crippen LogP contribution is 2.24. The summed E-state index contributed by atoms with van der Waals surface area (Å²) in [5.41, 5.74) is 1.16. The molecule has 6 nitrogen and oxygen atoms in total. The number of hydrogen-bond donors (Lipinski definition) is 3. The Kier molecular flexibility index (Phi) is 4.73.